The van der Waals surface area contributed by atoms with Crippen molar-refractivity contribution in [2.75, 3.05) is 10.7 Å². The first-order chi connectivity index (χ1) is 9.78. The zero-order valence-electron chi connectivity index (χ0n) is 10.5. The number of nitrogen functional groups attached to an aromatic ring is 1. The number of fused-ring (bicyclic) bond motifs is 1. The van der Waals surface area contributed by atoms with Gasteiger partial charge >= 0.3 is 0 Å². The molecule has 2 aromatic carbocycles. The van der Waals surface area contributed by atoms with E-state index in [1.807, 2.05) is 48.5 Å². The Bertz CT molecular complexity index is 759. The van der Waals surface area contributed by atoms with Crippen molar-refractivity contribution < 1.29 is 0 Å². The molecule has 0 fully saturated rings. The van der Waals surface area contributed by atoms with Crippen molar-refractivity contribution in [3.8, 4) is 0 Å². The fourth-order valence-electron chi connectivity index (χ4n) is 1.93. The second-order valence-electron chi connectivity index (χ2n) is 4.16. The number of benzene rings is 2. The summed E-state index contributed by atoms with van der Waals surface area (Å²) in [6, 6.07) is 15.2. The molecule has 5 nitrogen and oxygen atoms in total. The second kappa shape index (κ2) is 5.32. The highest BCUT2D eigenvalue weighted by molar-refractivity contribution is 6.33. The molecule has 0 bridgehead atoms. The van der Waals surface area contributed by atoms with Crippen LogP contribution in [0.25, 0.3) is 10.9 Å². The van der Waals surface area contributed by atoms with E-state index in [9.17, 15) is 0 Å². The van der Waals surface area contributed by atoms with Gasteiger partial charge < -0.3 is 5.32 Å². The molecule has 0 saturated carbocycles. The van der Waals surface area contributed by atoms with Gasteiger partial charge in [0, 0.05) is 5.39 Å². The van der Waals surface area contributed by atoms with Gasteiger partial charge in [-0.05, 0) is 24.3 Å². The molecule has 0 aliphatic heterocycles. The van der Waals surface area contributed by atoms with Gasteiger partial charge in [-0.25, -0.2) is 10.8 Å². The Morgan fingerprint density at radius 3 is 2.50 bits per heavy atom. The molecule has 20 heavy (non-hydrogen) atoms. The number of para-hydroxylation sites is 2. The van der Waals surface area contributed by atoms with Gasteiger partial charge in [0.25, 0.3) is 0 Å². The van der Waals surface area contributed by atoms with Gasteiger partial charge in [0.2, 0.25) is 5.95 Å². The predicted octanol–water partition coefficient (Wildman–Crippen LogP) is 3.31. The zero-order chi connectivity index (χ0) is 13.9. The lowest BCUT2D eigenvalue weighted by molar-refractivity contribution is 1.15. The topological polar surface area (TPSA) is 75.9 Å². The third-order valence-corrected chi connectivity index (χ3v) is 3.19. The molecule has 100 valence electrons. The minimum Gasteiger partial charge on any atom is -0.338 e. The molecule has 4 N–H and O–H groups in total. The Morgan fingerprint density at radius 2 is 1.70 bits per heavy atom. The normalized spacial score (nSPS) is 10.5. The third-order valence-electron chi connectivity index (χ3n) is 2.86. The first kappa shape index (κ1) is 12.7. The third kappa shape index (κ3) is 2.36. The highest BCUT2D eigenvalue weighted by Crippen LogP contribution is 2.28. The summed E-state index contributed by atoms with van der Waals surface area (Å²) in [7, 11) is 0. The van der Waals surface area contributed by atoms with E-state index in [2.05, 4.69) is 20.7 Å². The fraction of sp³-hybridized carbons (Fsp3) is 0. The Balaban J connectivity index is 2.13. The van der Waals surface area contributed by atoms with Crippen LogP contribution in [0, 0.1) is 0 Å². The number of halogens is 1. The molecule has 3 rings (SSSR count). The first-order valence-electron chi connectivity index (χ1n) is 6.03. The lowest BCUT2D eigenvalue weighted by Crippen LogP contribution is -2.11. The number of hydrogen-bond acceptors (Lipinski definition) is 5. The number of nitrogens with two attached hydrogens (primary N) is 1. The van der Waals surface area contributed by atoms with E-state index in [0.29, 0.717) is 16.8 Å². The molecule has 1 aromatic heterocycles. The molecule has 6 heteroatoms. The second-order valence-corrected chi connectivity index (χ2v) is 4.57. The molecule has 0 unspecified atom stereocenters. The van der Waals surface area contributed by atoms with Crippen LogP contribution in [0.3, 0.4) is 0 Å². The van der Waals surface area contributed by atoms with Crippen LogP contribution < -0.4 is 16.6 Å². The van der Waals surface area contributed by atoms with E-state index >= 15 is 0 Å². The standard InChI is InChI=1S/C14H12ClN5/c15-10-6-2-4-8-12(10)17-13-9-5-1-3-7-11(9)18-14(19-13)20-16/h1-8H,16H2,(H2,17,18,19,20). The zero-order valence-corrected chi connectivity index (χ0v) is 11.2. The summed E-state index contributed by atoms with van der Waals surface area (Å²) in [5.74, 6) is 6.40. The van der Waals surface area contributed by atoms with Crippen LogP contribution in [0.2, 0.25) is 5.02 Å². The van der Waals surface area contributed by atoms with Crippen LogP contribution in [0.4, 0.5) is 17.5 Å². The van der Waals surface area contributed by atoms with Crippen LogP contribution >= 0.6 is 11.6 Å². The number of hydrazine groups is 1. The van der Waals surface area contributed by atoms with Crippen LogP contribution in [0.1, 0.15) is 0 Å². The predicted molar refractivity (Wildman–Crippen MR) is 82.1 cm³/mol. The van der Waals surface area contributed by atoms with E-state index in [1.165, 1.54) is 0 Å². The Morgan fingerprint density at radius 1 is 0.950 bits per heavy atom. The molecular weight excluding hydrogens is 274 g/mol. The van der Waals surface area contributed by atoms with Crippen molar-refractivity contribution in [1.82, 2.24) is 9.97 Å². The van der Waals surface area contributed by atoms with Gasteiger partial charge in [-0.1, -0.05) is 35.9 Å². The largest absolute Gasteiger partial charge is 0.338 e. The maximum Gasteiger partial charge on any atom is 0.239 e. The summed E-state index contributed by atoms with van der Waals surface area (Å²) in [6.45, 7) is 0. The molecule has 0 aliphatic carbocycles. The minimum absolute atomic E-state index is 0.346. The van der Waals surface area contributed by atoms with E-state index in [0.717, 1.165) is 16.6 Å². The molecule has 0 saturated heterocycles. The average molecular weight is 286 g/mol. The SMILES string of the molecule is NNc1nc(Nc2ccccc2Cl)c2ccccc2n1. The van der Waals surface area contributed by atoms with Gasteiger partial charge in [0.15, 0.2) is 0 Å². The summed E-state index contributed by atoms with van der Waals surface area (Å²) in [4.78, 5) is 8.64. The Hall–Kier alpha value is -2.37. The maximum atomic E-state index is 6.15. The van der Waals surface area contributed by atoms with Crippen molar-refractivity contribution >= 4 is 40.0 Å². The van der Waals surface area contributed by atoms with Gasteiger partial charge in [-0.15, -0.1) is 0 Å². The lowest BCUT2D eigenvalue weighted by Gasteiger charge is -2.11. The average Bonchev–Trinajstić information content (AvgIpc) is 2.49. The van der Waals surface area contributed by atoms with Gasteiger partial charge in [-0.3, -0.25) is 5.43 Å². The van der Waals surface area contributed by atoms with E-state index < -0.39 is 0 Å². The van der Waals surface area contributed by atoms with Crippen molar-refractivity contribution in [3.63, 3.8) is 0 Å². The summed E-state index contributed by atoms with van der Waals surface area (Å²) in [5.41, 5.74) is 4.04. The molecule has 0 aliphatic rings. The van der Waals surface area contributed by atoms with E-state index in [1.54, 1.807) is 0 Å². The number of nitrogens with zero attached hydrogens (tertiary/aromatic N) is 2. The molecular formula is C14H12ClN5. The number of nitrogens with one attached hydrogen (secondary N) is 2. The molecule has 0 radical (unpaired) electrons. The van der Waals surface area contributed by atoms with Crippen LogP contribution in [-0.2, 0) is 0 Å². The summed E-state index contributed by atoms with van der Waals surface area (Å²) in [6.07, 6.45) is 0. The van der Waals surface area contributed by atoms with Crippen molar-refractivity contribution in [2.24, 2.45) is 5.84 Å². The number of hydrogen-bond donors (Lipinski definition) is 3. The van der Waals surface area contributed by atoms with Crippen molar-refractivity contribution in [1.29, 1.82) is 0 Å². The Kier molecular flexibility index (Phi) is 3.37. The van der Waals surface area contributed by atoms with Crippen molar-refractivity contribution in [2.45, 2.75) is 0 Å². The Labute approximate surface area is 120 Å². The molecule has 0 atom stereocenters. The van der Waals surface area contributed by atoms with Crippen LogP contribution in [0.15, 0.2) is 48.5 Å². The first-order valence-corrected chi connectivity index (χ1v) is 6.40. The quantitative estimate of drug-likeness (QED) is 0.508. The van der Waals surface area contributed by atoms with E-state index in [-0.39, 0.29) is 0 Å². The summed E-state index contributed by atoms with van der Waals surface area (Å²) < 4.78 is 0. The van der Waals surface area contributed by atoms with Crippen LogP contribution in [-0.4, -0.2) is 9.97 Å². The number of anilines is 3. The number of aromatic nitrogens is 2. The van der Waals surface area contributed by atoms with E-state index in [4.69, 9.17) is 17.4 Å². The molecule has 3 aromatic rings. The van der Waals surface area contributed by atoms with Gasteiger partial charge in [-0.2, -0.15) is 4.98 Å². The highest BCUT2D eigenvalue weighted by atomic mass is 35.5. The summed E-state index contributed by atoms with van der Waals surface area (Å²) >= 11 is 6.15. The number of rotatable bonds is 3. The minimum atomic E-state index is 0.346. The molecule has 0 spiro atoms. The smallest absolute Gasteiger partial charge is 0.239 e. The maximum absolute atomic E-state index is 6.15. The monoisotopic (exact) mass is 285 g/mol. The van der Waals surface area contributed by atoms with Crippen molar-refractivity contribution in [3.05, 3.63) is 53.6 Å². The highest BCUT2D eigenvalue weighted by Gasteiger charge is 2.08. The molecule has 1 heterocycles. The fourth-order valence-corrected chi connectivity index (χ4v) is 2.11. The van der Waals surface area contributed by atoms with Crippen LogP contribution in [0.5, 0.6) is 0 Å². The van der Waals surface area contributed by atoms with Gasteiger partial charge in [0.05, 0.1) is 16.2 Å². The summed E-state index contributed by atoms with van der Waals surface area (Å²) in [5, 5.41) is 4.73. The molecule has 0 amide bonds. The van der Waals surface area contributed by atoms with Gasteiger partial charge in [0.1, 0.15) is 5.82 Å². The lowest BCUT2D eigenvalue weighted by atomic mass is 10.2.